The number of amides is 2. The Bertz CT molecular complexity index is 635. The molecule has 0 saturated carbocycles. The molecule has 1 heterocycles. The summed E-state index contributed by atoms with van der Waals surface area (Å²) in [6.07, 6.45) is 0.184. The first-order valence-electron chi connectivity index (χ1n) is 6.90. The second kappa shape index (κ2) is 4.98. The van der Waals surface area contributed by atoms with Gasteiger partial charge in [0.15, 0.2) is 0 Å². The van der Waals surface area contributed by atoms with Gasteiger partial charge in [-0.25, -0.2) is 9.69 Å². The van der Waals surface area contributed by atoms with E-state index in [0.29, 0.717) is 11.3 Å². The van der Waals surface area contributed by atoms with Crippen LogP contribution in [0.2, 0.25) is 0 Å². The lowest BCUT2D eigenvalue weighted by molar-refractivity contribution is -0.126. The zero-order valence-corrected chi connectivity index (χ0v) is 12.6. The Labute approximate surface area is 123 Å². The van der Waals surface area contributed by atoms with Crippen molar-refractivity contribution in [2.75, 3.05) is 4.90 Å². The van der Waals surface area contributed by atoms with Crippen LogP contribution >= 0.6 is 0 Å². The zero-order chi connectivity index (χ0) is 15.9. The van der Waals surface area contributed by atoms with E-state index >= 15 is 0 Å². The summed E-state index contributed by atoms with van der Waals surface area (Å²) >= 11 is 0. The summed E-state index contributed by atoms with van der Waals surface area (Å²) in [5, 5.41) is 8.98. The van der Waals surface area contributed by atoms with Crippen molar-refractivity contribution in [3.8, 4) is 0 Å². The predicted octanol–water partition coefficient (Wildman–Crippen LogP) is 2.62. The van der Waals surface area contributed by atoms with Crippen molar-refractivity contribution >= 4 is 23.5 Å². The summed E-state index contributed by atoms with van der Waals surface area (Å²) in [5.74, 6) is -1.43. The maximum atomic E-state index is 12.6. The number of carbonyl (C=O) groups excluding carboxylic acids is 2. The number of carboxylic acid groups (broad SMARTS) is 1. The van der Waals surface area contributed by atoms with Crippen LogP contribution in [-0.4, -0.2) is 22.9 Å². The fourth-order valence-corrected chi connectivity index (χ4v) is 2.57. The predicted molar refractivity (Wildman–Crippen MR) is 78.2 cm³/mol. The first-order chi connectivity index (χ1) is 9.68. The molecule has 0 spiro atoms. The molecular weight excluding hydrogens is 270 g/mol. The second-order valence-corrected chi connectivity index (χ2v) is 6.09. The van der Waals surface area contributed by atoms with Gasteiger partial charge in [0.25, 0.3) is 0 Å². The molecule has 0 radical (unpaired) electrons. The Kier molecular flexibility index (Phi) is 3.61. The molecule has 5 heteroatoms. The molecule has 0 aromatic heterocycles. The molecule has 2 amide bonds. The van der Waals surface area contributed by atoms with Crippen LogP contribution in [0, 0.1) is 18.3 Å². The maximum Gasteiger partial charge on any atom is 0.335 e. The molecule has 2 rings (SSSR count). The van der Waals surface area contributed by atoms with E-state index in [0.717, 1.165) is 0 Å². The van der Waals surface area contributed by atoms with E-state index in [2.05, 4.69) is 0 Å². The summed E-state index contributed by atoms with van der Waals surface area (Å²) in [6.45, 7) is 7.36. The number of aryl methyl sites for hydroxylation is 1. The van der Waals surface area contributed by atoms with Gasteiger partial charge in [-0.05, 0) is 43.5 Å². The Morgan fingerprint density at radius 1 is 1.33 bits per heavy atom. The molecule has 1 saturated heterocycles. The summed E-state index contributed by atoms with van der Waals surface area (Å²) in [5.41, 5.74) is 0.514. The van der Waals surface area contributed by atoms with Gasteiger partial charge in [-0.2, -0.15) is 0 Å². The van der Waals surface area contributed by atoms with E-state index in [1.165, 1.54) is 23.1 Å². The van der Waals surface area contributed by atoms with E-state index in [1.54, 1.807) is 13.8 Å². The van der Waals surface area contributed by atoms with Gasteiger partial charge in [0, 0.05) is 6.42 Å². The van der Waals surface area contributed by atoms with Crippen molar-refractivity contribution in [2.45, 2.75) is 34.1 Å². The highest BCUT2D eigenvalue weighted by Gasteiger charge is 2.50. The number of imide groups is 1. The van der Waals surface area contributed by atoms with Crippen LogP contribution in [0.5, 0.6) is 0 Å². The molecule has 1 unspecified atom stereocenters. The molecule has 0 bridgehead atoms. The normalized spacial score (nSPS) is 22.2. The Balaban J connectivity index is 2.46. The van der Waals surface area contributed by atoms with Crippen molar-refractivity contribution in [1.29, 1.82) is 0 Å². The molecule has 1 aromatic rings. The second-order valence-electron chi connectivity index (χ2n) is 6.09. The standard InChI is InChI=1S/C16H19NO4/c1-9(2)16(4)8-13(18)17(15(16)21)12-6-5-11(14(19)20)7-10(12)3/h5-7,9H,8H2,1-4H3,(H,19,20). The summed E-state index contributed by atoms with van der Waals surface area (Å²) in [6, 6.07) is 4.42. The van der Waals surface area contributed by atoms with E-state index in [1.807, 2.05) is 13.8 Å². The average Bonchev–Trinajstić information content (AvgIpc) is 2.62. The number of rotatable bonds is 3. The Morgan fingerprint density at radius 2 is 1.95 bits per heavy atom. The maximum absolute atomic E-state index is 12.6. The molecule has 1 N–H and O–H groups in total. The van der Waals surface area contributed by atoms with Crippen molar-refractivity contribution in [3.05, 3.63) is 29.3 Å². The molecule has 1 aliphatic rings. The van der Waals surface area contributed by atoms with Gasteiger partial charge < -0.3 is 5.11 Å². The highest BCUT2D eigenvalue weighted by Crippen LogP contribution is 2.42. The molecule has 21 heavy (non-hydrogen) atoms. The molecule has 1 atom stereocenters. The monoisotopic (exact) mass is 289 g/mol. The van der Waals surface area contributed by atoms with Crippen LogP contribution in [0.1, 0.15) is 43.1 Å². The van der Waals surface area contributed by atoms with Crippen LogP contribution < -0.4 is 4.90 Å². The van der Waals surface area contributed by atoms with E-state index in [-0.39, 0.29) is 29.7 Å². The summed E-state index contributed by atoms with van der Waals surface area (Å²) < 4.78 is 0. The lowest BCUT2D eigenvalue weighted by Gasteiger charge is -2.26. The van der Waals surface area contributed by atoms with Gasteiger partial charge in [-0.15, -0.1) is 0 Å². The minimum atomic E-state index is -1.03. The van der Waals surface area contributed by atoms with Gasteiger partial charge in [0.2, 0.25) is 11.8 Å². The zero-order valence-electron chi connectivity index (χ0n) is 12.6. The lowest BCUT2D eigenvalue weighted by Crippen LogP contribution is -2.37. The number of hydrogen-bond acceptors (Lipinski definition) is 3. The quantitative estimate of drug-likeness (QED) is 0.868. The molecule has 1 aromatic carbocycles. The van der Waals surface area contributed by atoms with Crippen LogP contribution in [0.15, 0.2) is 18.2 Å². The number of carboxylic acids is 1. The van der Waals surface area contributed by atoms with Gasteiger partial charge >= 0.3 is 5.97 Å². The van der Waals surface area contributed by atoms with E-state index in [9.17, 15) is 14.4 Å². The minimum Gasteiger partial charge on any atom is -0.478 e. The topological polar surface area (TPSA) is 74.7 Å². The van der Waals surface area contributed by atoms with Gasteiger partial charge in [-0.1, -0.05) is 13.8 Å². The van der Waals surface area contributed by atoms with Crippen LogP contribution in [0.4, 0.5) is 5.69 Å². The number of nitrogens with zero attached hydrogens (tertiary/aromatic N) is 1. The van der Waals surface area contributed by atoms with Gasteiger partial charge in [-0.3, -0.25) is 9.59 Å². The average molecular weight is 289 g/mol. The number of benzene rings is 1. The molecule has 112 valence electrons. The largest absolute Gasteiger partial charge is 0.478 e. The number of aromatic carboxylic acids is 1. The molecule has 5 nitrogen and oxygen atoms in total. The van der Waals surface area contributed by atoms with Crippen molar-refractivity contribution in [1.82, 2.24) is 0 Å². The third-order valence-electron chi connectivity index (χ3n) is 4.42. The Hall–Kier alpha value is -2.17. The highest BCUT2D eigenvalue weighted by molar-refractivity contribution is 6.22. The van der Waals surface area contributed by atoms with Gasteiger partial charge in [0.1, 0.15) is 0 Å². The smallest absolute Gasteiger partial charge is 0.335 e. The molecule has 1 aliphatic heterocycles. The lowest BCUT2D eigenvalue weighted by atomic mass is 9.78. The Morgan fingerprint density at radius 3 is 2.38 bits per heavy atom. The van der Waals surface area contributed by atoms with Gasteiger partial charge in [0.05, 0.1) is 16.7 Å². The van der Waals surface area contributed by atoms with Crippen molar-refractivity contribution in [3.63, 3.8) is 0 Å². The fourth-order valence-electron chi connectivity index (χ4n) is 2.57. The highest BCUT2D eigenvalue weighted by atomic mass is 16.4. The minimum absolute atomic E-state index is 0.0533. The van der Waals surface area contributed by atoms with Crippen molar-refractivity contribution in [2.24, 2.45) is 11.3 Å². The number of hydrogen-bond donors (Lipinski definition) is 1. The summed E-state index contributed by atoms with van der Waals surface area (Å²) in [4.78, 5) is 37.1. The van der Waals surface area contributed by atoms with E-state index < -0.39 is 11.4 Å². The van der Waals surface area contributed by atoms with E-state index in [4.69, 9.17) is 5.11 Å². The third kappa shape index (κ3) is 2.33. The molecular formula is C16H19NO4. The van der Waals surface area contributed by atoms with Crippen LogP contribution in [-0.2, 0) is 9.59 Å². The molecule has 1 fully saturated rings. The van der Waals surface area contributed by atoms with Crippen LogP contribution in [0.25, 0.3) is 0 Å². The fraction of sp³-hybridized carbons (Fsp3) is 0.438. The first-order valence-corrected chi connectivity index (χ1v) is 6.90. The third-order valence-corrected chi connectivity index (χ3v) is 4.42. The number of anilines is 1. The number of carbonyl (C=O) groups is 3. The van der Waals surface area contributed by atoms with Crippen molar-refractivity contribution < 1.29 is 19.5 Å². The van der Waals surface area contributed by atoms with Crippen LogP contribution in [0.3, 0.4) is 0 Å². The molecule has 0 aliphatic carbocycles. The summed E-state index contributed by atoms with van der Waals surface area (Å²) in [7, 11) is 0. The first kappa shape index (κ1) is 15.2. The SMILES string of the molecule is Cc1cc(C(=O)O)ccc1N1C(=O)CC(C)(C(C)C)C1=O.